The number of esters is 2. The van der Waals surface area contributed by atoms with Crippen LogP contribution < -0.4 is 0 Å². The lowest BCUT2D eigenvalue weighted by molar-refractivity contribution is -0.171. The van der Waals surface area contributed by atoms with Crippen LogP contribution >= 0.6 is 0 Å². The molecule has 1 aromatic carbocycles. The van der Waals surface area contributed by atoms with E-state index in [4.69, 9.17) is 9.47 Å². The van der Waals surface area contributed by atoms with Crippen molar-refractivity contribution in [2.24, 2.45) is 11.3 Å². The summed E-state index contributed by atoms with van der Waals surface area (Å²) < 4.78 is 10.5. The lowest BCUT2D eigenvalue weighted by atomic mass is 9.85. The molecule has 0 unspecified atom stereocenters. The molecule has 170 valence electrons. The van der Waals surface area contributed by atoms with Crippen LogP contribution in [0.5, 0.6) is 0 Å². The lowest BCUT2D eigenvalue weighted by Crippen LogP contribution is -2.40. The zero-order valence-electron chi connectivity index (χ0n) is 19.2. The number of carbonyl (C=O) groups excluding carboxylic acids is 2. The topological polar surface area (TPSA) is 72.8 Å². The largest absolute Gasteiger partial charge is 0.465 e. The summed E-state index contributed by atoms with van der Waals surface area (Å²) in [5.74, 6) is -1.07. The van der Waals surface area contributed by atoms with Crippen molar-refractivity contribution in [1.29, 1.82) is 0 Å². The fourth-order valence-electron chi connectivity index (χ4n) is 4.19. The van der Waals surface area contributed by atoms with E-state index in [1.54, 1.807) is 13.8 Å². The monoisotopic (exact) mass is 428 g/mol. The highest BCUT2D eigenvalue weighted by Crippen LogP contribution is 2.49. The molecule has 1 saturated carbocycles. The van der Waals surface area contributed by atoms with Crippen molar-refractivity contribution in [3.8, 4) is 0 Å². The Morgan fingerprint density at radius 3 is 2.29 bits per heavy atom. The zero-order chi connectivity index (χ0) is 22.9. The summed E-state index contributed by atoms with van der Waals surface area (Å²) in [7, 11) is 0. The lowest BCUT2D eigenvalue weighted by Gasteiger charge is -2.24. The number of ether oxygens (including phenoxy) is 2. The molecular formula is C26H36O5. The number of aliphatic hydroxyl groups excluding tert-OH is 1. The van der Waals surface area contributed by atoms with Gasteiger partial charge in [-0.1, -0.05) is 53.6 Å². The maximum atomic E-state index is 12.8. The molecule has 31 heavy (non-hydrogen) atoms. The Labute approximate surface area is 186 Å². The van der Waals surface area contributed by atoms with E-state index in [2.05, 4.69) is 12.1 Å². The molecule has 0 amide bonds. The second-order valence-electron chi connectivity index (χ2n) is 8.38. The fraction of sp³-hybridized carbons (Fsp3) is 0.538. The van der Waals surface area contributed by atoms with Gasteiger partial charge in [-0.3, -0.25) is 9.59 Å². The Bertz CT molecular complexity index is 771. The Balaban J connectivity index is 2.08. The van der Waals surface area contributed by atoms with Crippen molar-refractivity contribution < 1.29 is 24.2 Å². The normalized spacial score (nSPS) is 18.7. The van der Waals surface area contributed by atoms with Crippen LogP contribution in [0.1, 0.15) is 58.9 Å². The second kappa shape index (κ2) is 11.8. The van der Waals surface area contributed by atoms with E-state index in [0.29, 0.717) is 25.7 Å². The molecule has 5 nitrogen and oxygen atoms in total. The van der Waals surface area contributed by atoms with Gasteiger partial charge >= 0.3 is 11.9 Å². The molecule has 0 aromatic heterocycles. The first-order valence-electron chi connectivity index (χ1n) is 11.2. The quantitative estimate of drug-likeness (QED) is 0.330. The van der Waals surface area contributed by atoms with Crippen LogP contribution in [0.4, 0.5) is 0 Å². The Morgan fingerprint density at radius 2 is 1.74 bits per heavy atom. The Morgan fingerprint density at radius 1 is 1.13 bits per heavy atom. The maximum Gasteiger partial charge on any atom is 0.323 e. The average Bonchev–Trinajstić information content (AvgIpc) is 3.15. The van der Waals surface area contributed by atoms with Crippen LogP contribution in [0.15, 0.2) is 53.6 Å². The van der Waals surface area contributed by atoms with Gasteiger partial charge in [-0.2, -0.15) is 0 Å². The summed E-state index contributed by atoms with van der Waals surface area (Å²) in [6.07, 6.45) is 6.25. The van der Waals surface area contributed by atoms with Crippen molar-refractivity contribution >= 4 is 11.9 Å². The van der Waals surface area contributed by atoms with Gasteiger partial charge in [0.05, 0.1) is 19.3 Å². The number of aryl methyl sites for hydroxylation is 1. The van der Waals surface area contributed by atoms with E-state index in [1.165, 1.54) is 5.56 Å². The van der Waals surface area contributed by atoms with Crippen LogP contribution in [0.2, 0.25) is 0 Å². The number of allylic oxidation sites excluding steroid dienone is 3. The van der Waals surface area contributed by atoms with E-state index < -0.39 is 23.5 Å². The molecule has 0 radical (unpaired) electrons. The van der Waals surface area contributed by atoms with E-state index in [-0.39, 0.29) is 19.1 Å². The van der Waals surface area contributed by atoms with E-state index in [9.17, 15) is 14.7 Å². The molecule has 0 saturated heterocycles. The predicted octanol–water partition coefficient (Wildman–Crippen LogP) is 4.79. The molecule has 0 heterocycles. The minimum atomic E-state index is -1.29. The van der Waals surface area contributed by atoms with Gasteiger partial charge < -0.3 is 14.6 Å². The smallest absolute Gasteiger partial charge is 0.323 e. The van der Waals surface area contributed by atoms with Crippen LogP contribution in [-0.4, -0.2) is 36.4 Å². The van der Waals surface area contributed by atoms with Crippen molar-refractivity contribution in [3.63, 3.8) is 0 Å². The molecule has 2 atom stereocenters. The van der Waals surface area contributed by atoms with E-state index >= 15 is 0 Å². The number of carbonyl (C=O) groups is 2. The number of aliphatic hydroxyl groups is 1. The van der Waals surface area contributed by atoms with Crippen LogP contribution in [0.25, 0.3) is 0 Å². The number of rotatable bonds is 10. The van der Waals surface area contributed by atoms with Crippen LogP contribution in [0.3, 0.4) is 0 Å². The fourth-order valence-corrected chi connectivity index (χ4v) is 4.19. The first-order valence-corrected chi connectivity index (χ1v) is 11.2. The highest BCUT2D eigenvalue weighted by atomic mass is 16.6. The summed E-state index contributed by atoms with van der Waals surface area (Å²) in [6.45, 7) is 7.91. The summed E-state index contributed by atoms with van der Waals surface area (Å²) >= 11 is 0. The molecule has 0 aliphatic heterocycles. The molecule has 5 heteroatoms. The number of benzene rings is 1. The molecule has 0 spiro atoms. The molecule has 1 N–H and O–H groups in total. The maximum absolute atomic E-state index is 12.8. The summed E-state index contributed by atoms with van der Waals surface area (Å²) in [4.78, 5) is 25.6. The number of hydrogen-bond donors (Lipinski definition) is 1. The van der Waals surface area contributed by atoms with Crippen LogP contribution in [0, 0.1) is 11.3 Å². The Hall–Kier alpha value is -2.40. The third-order valence-corrected chi connectivity index (χ3v) is 5.87. The molecule has 1 aliphatic rings. The third-order valence-electron chi connectivity index (χ3n) is 5.87. The van der Waals surface area contributed by atoms with Gasteiger partial charge in [-0.25, -0.2) is 0 Å². The first-order chi connectivity index (χ1) is 14.8. The predicted molar refractivity (Wildman–Crippen MR) is 121 cm³/mol. The molecule has 1 aromatic rings. The van der Waals surface area contributed by atoms with Crippen molar-refractivity contribution in [2.45, 2.75) is 65.9 Å². The van der Waals surface area contributed by atoms with Gasteiger partial charge in [0.25, 0.3) is 0 Å². The van der Waals surface area contributed by atoms with Gasteiger partial charge in [0, 0.05) is 0 Å². The molecule has 0 bridgehead atoms. The van der Waals surface area contributed by atoms with E-state index in [1.807, 2.05) is 44.2 Å². The van der Waals surface area contributed by atoms with Gasteiger partial charge in [0.2, 0.25) is 0 Å². The average molecular weight is 429 g/mol. The standard InChI is InChI=1S/C26H36O5/c1-5-30-24(28)26(25(29)31-6-2)17-21(23(18-26)19(3)4)13-10-14-22(27)16-15-20-11-8-7-9-12-20/h7-13,21-22,27H,5-6,14-18H2,1-4H3/b13-10+/t21-,22+/m0/s1. The molecular weight excluding hydrogens is 392 g/mol. The summed E-state index contributed by atoms with van der Waals surface area (Å²) in [5, 5.41) is 10.4. The third kappa shape index (κ3) is 6.54. The van der Waals surface area contributed by atoms with Gasteiger partial charge in [-0.05, 0) is 71.3 Å². The number of hydrogen-bond acceptors (Lipinski definition) is 5. The Kier molecular flexibility index (Phi) is 9.50. The van der Waals surface area contributed by atoms with Crippen molar-refractivity contribution in [2.75, 3.05) is 13.2 Å². The van der Waals surface area contributed by atoms with Gasteiger partial charge in [0.1, 0.15) is 0 Å². The molecule has 1 aliphatic carbocycles. The summed E-state index contributed by atoms with van der Waals surface area (Å²) in [6, 6.07) is 10.1. The van der Waals surface area contributed by atoms with Gasteiger partial charge in [0.15, 0.2) is 5.41 Å². The molecule has 1 fully saturated rings. The second-order valence-corrected chi connectivity index (χ2v) is 8.38. The zero-order valence-corrected chi connectivity index (χ0v) is 19.2. The molecule has 2 rings (SSSR count). The highest BCUT2D eigenvalue weighted by molar-refractivity contribution is 6.01. The van der Waals surface area contributed by atoms with Crippen molar-refractivity contribution in [1.82, 2.24) is 0 Å². The minimum absolute atomic E-state index is 0.0554. The SMILES string of the molecule is CCOC(=O)C1(C(=O)OCC)CC(=C(C)C)[C@@H](/C=C/C[C@@H](O)CCc2ccccc2)C1. The van der Waals surface area contributed by atoms with E-state index in [0.717, 1.165) is 17.6 Å². The van der Waals surface area contributed by atoms with Gasteiger partial charge in [-0.15, -0.1) is 0 Å². The van der Waals surface area contributed by atoms with Crippen LogP contribution in [-0.2, 0) is 25.5 Å². The first kappa shape index (κ1) is 24.9. The van der Waals surface area contributed by atoms with Crippen molar-refractivity contribution in [3.05, 3.63) is 59.2 Å². The highest BCUT2D eigenvalue weighted by Gasteiger charge is 2.55. The summed E-state index contributed by atoms with van der Waals surface area (Å²) in [5.41, 5.74) is 2.08. The minimum Gasteiger partial charge on any atom is -0.465 e.